The second kappa shape index (κ2) is 4.77. The monoisotopic (exact) mass is 238 g/mol. The maximum Gasteiger partial charge on any atom is 0.661 e. The fraction of sp³-hybridized carbons (Fsp3) is 1.00. The molecular formula is CF6O3S2. The molecule has 0 amide bonds. The fourth-order valence-electron chi connectivity index (χ4n) is 0. The summed E-state index contributed by atoms with van der Waals surface area (Å²) in [5, 5.41) is 0. The fourth-order valence-corrected chi connectivity index (χ4v) is 0. The lowest BCUT2D eigenvalue weighted by molar-refractivity contribution is -0.0517. The molecule has 0 saturated heterocycles. The standard InChI is InChI=1S/CHF3O3S.F3S/c2-1(3,4)8(5,6)7;1-4(2)3/h(H,5,6,7);/q;+1/p-1. The molecule has 0 rings (SSSR count). The molecule has 0 spiro atoms. The average Bonchev–Trinajstić information content (AvgIpc) is 1.55. The number of rotatable bonds is 0. The van der Waals surface area contributed by atoms with E-state index in [1.807, 2.05) is 0 Å². The highest BCUT2D eigenvalue weighted by molar-refractivity contribution is 7.86. The van der Waals surface area contributed by atoms with Crippen LogP contribution in [0.3, 0.4) is 0 Å². The molecule has 0 atom stereocenters. The van der Waals surface area contributed by atoms with E-state index in [0.717, 1.165) is 0 Å². The number of alkyl halides is 3. The maximum atomic E-state index is 10.7. The molecular weight excluding hydrogens is 238 g/mol. The van der Waals surface area contributed by atoms with Gasteiger partial charge in [-0.15, -0.1) is 0 Å². The van der Waals surface area contributed by atoms with Gasteiger partial charge in [0.2, 0.25) is 0 Å². The van der Waals surface area contributed by atoms with Crippen molar-refractivity contribution in [1.82, 2.24) is 0 Å². The van der Waals surface area contributed by atoms with Crippen molar-refractivity contribution in [2.45, 2.75) is 5.51 Å². The van der Waals surface area contributed by atoms with Crippen molar-refractivity contribution in [1.29, 1.82) is 0 Å². The summed E-state index contributed by atoms with van der Waals surface area (Å²) < 4.78 is 88.0. The number of halogens is 6. The molecule has 0 fully saturated rings. The van der Waals surface area contributed by atoms with Gasteiger partial charge in [0.05, 0.1) is 0 Å². The molecule has 0 heterocycles. The minimum atomic E-state index is -6.09. The van der Waals surface area contributed by atoms with Crippen LogP contribution in [0.1, 0.15) is 0 Å². The van der Waals surface area contributed by atoms with E-state index in [2.05, 4.69) is 0 Å². The Bertz CT molecular complexity index is 201. The van der Waals surface area contributed by atoms with Crippen molar-refractivity contribution < 1.29 is 37.8 Å². The van der Waals surface area contributed by atoms with Gasteiger partial charge < -0.3 is 4.55 Å². The van der Waals surface area contributed by atoms with Crippen LogP contribution < -0.4 is 0 Å². The quantitative estimate of drug-likeness (QED) is 0.276. The lowest BCUT2D eigenvalue weighted by atomic mass is 11.6. The van der Waals surface area contributed by atoms with E-state index in [9.17, 15) is 24.8 Å². The molecule has 0 aliphatic carbocycles. The Labute approximate surface area is 66.3 Å². The van der Waals surface area contributed by atoms with Crippen LogP contribution in [0.4, 0.5) is 24.8 Å². The zero-order chi connectivity index (χ0) is 10.6. The van der Waals surface area contributed by atoms with Gasteiger partial charge in [-0.3, -0.25) is 0 Å². The Morgan fingerprint density at radius 1 is 1.08 bits per heavy atom. The van der Waals surface area contributed by atoms with Crippen LogP contribution in [0.5, 0.6) is 0 Å². The number of hydrogen-bond donors (Lipinski definition) is 0. The molecule has 76 valence electrons. The first-order valence-electron chi connectivity index (χ1n) is 1.73. The minimum Gasteiger partial charge on any atom is -0.741 e. The molecule has 0 N–H and O–H groups in total. The minimum absolute atomic E-state index is 3.86. The van der Waals surface area contributed by atoms with Crippen LogP contribution in [0.2, 0.25) is 0 Å². The van der Waals surface area contributed by atoms with Crippen molar-refractivity contribution >= 4 is 22.2 Å². The van der Waals surface area contributed by atoms with Gasteiger partial charge in [0.15, 0.2) is 10.1 Å². The van der Waals surface area contributed by atoms with Gasteiger partial charge in [0.1, 0.15) is 11.7 Å². The van der Waals surface area contributed by atoms with Gasteiger partial charge in [-0.05, 0) is 0 Å². The Hall–Kier alpha value is -0.160. The van der Waals surface area contributed by atoms with Gasteiger partial charge in [-0.1, -0.05) is 0 Å². The maximum absolute atomic E-state index is 10.7. The van der Waals surface area contributed by atoms with Crippen LogP contribution in [-0.2, 0) is 22.2 Å². The highest BCUT2D eigenvalue weighted by Crippen LogP contribution is 2.20. The average molecular weight is 238 g/mol. The second-order valence-electron chi connectivity index (χ2n) is 1.07. The predicted octanol–water partition coefficient (Wildman–Crippen LogP) is 1.31. The largest absolute Gasteiger partial charge is 0.741 e. The Kier molecular flexibility index (Phi) is 5.71. The van der Waals surface area contributed by atoms with E-state index in [1.54, 1.807) is 0 Å². The molecule has 0 aliphatic heterocycles. The summed E-state index contributed by atoms with van der Waals surface area (Å²) >= 11 is -3.86. The lowest BCUT2D eigenvalue weighted by Crippen LogP contribution is -2.21. The summed E-state index contributed by atoms with van der Waals surface area (Å²) in [4.78, 5) is 0. The summed E-state index contributed by atoms with van der Waals surface area (Å²) in [5.74, 6) is 0. The van der Waals surface area contributed by atoms with Crippen molar-refractivity contribution in [3.8, 4) is 0 Å². The summed E-state index contributed by atoms with van der Waals surface area (Å²) in [6.45, 7) is 0. The van der Waals surface area contributed by atoms with Crippen LogP contribution in [0.25, 0.3) is 0 Å². The van der Waals surface area contributed by atoms with Crippen molar-refractivity contribution in [2.75, 3.05) is 0 Å². The van der Waals surface area contributed by atoms with Gasteiger partial charge in [0, 0.05) is 0 Å². The molecule has 0 aromatic heterocycles. The zero-order valence-corrected chi connectivity index (χ0v) is 6.44. The van der Waals surface area contributed by atoms with Crippen molar-refractivity contribution in [3.05, 3.63) is 0 Å². The molecule has 0 radical (unpaired) electrons. The van der Waals surface area contributed by atoms with Crippen LogP contribution in [0.15, 0.2) is 0 Å². The summed E-state index contributed by atoms with van der Waals surface area (Å²) in [6.07, 6.45) is 0. The topological polar surface area (TPSA) is 57.2 Å². The van der Waals surface area contributed by atoms with Gasteiger partial charge in [0.25, 0.3) is 0 Å². The third kappa shape index (κ3) is 9.84. The van der Waals surface area contributed by atoms with Gasteiger partial charge in [-0.25, -0.2) is 8.42 Å². The van der Waals surface area contributed by atoms with Crippen LogP contribution >= 0.6 is 0 Å². The normalized spacial score (nSPS) is 12.3. The zero-order valence-electron chi connectivity index (χ0n) is 4.81. The van der Waals surface area contributed by atoms with E-state index >= 15 is 0 Å². The molecule has 0 bridgehead atoms. The first-order valence-corrected chi connectivity index (χ1v) is 4.07. The molecule has 0 aromatic rings. The highest BCUT2D eigenvalue weighted by atomic mass is 32.3. The van der Waals surface area contributed by atoms with Crippen molar-refractivity contribution in [2.24, 2.45) is 0 Å². The molecule has 0 aliphatic rings. The van der Waals surface area contributed by atoms with Gasteiger partial charge >= 0.3 is 17.6 Å². The van der Waals surface area contributed by atoms with Crippen LogP contribution in [0, 0.1) is 0 Å². The summed E-state index contributed by atoms with van der Waals surface area (Å²) in [5.41, 5.74) is -5.65. The van der Waals surface area contributed by atoms with Crippen molar-refractivity contribution in [3.63, 3.8) is 0 Å². The van der Waals surface area contributed by atoms with E-state index in [4.69, 9.17) is 13.0 Å². The SMILES string of the molecule is F[S+](F)F.O=S(=O)([O-])C(F)(F)F. The Balaban J connectivity index is 0. The highest BCUT2D eigenvalue weighted by Gasteiger charge is 2.36. The predicted molar refractivity (Wildman–Crippen MR) is 26.4 cm³/mol. The second-order valence-corrected chi connectivity index (χ2v) is 2.80. The third-order valence-electron chi connectivity index (χ3n) is 0.283. The molecule has 3 nitrogen and oxygen atoms in total. The first-order chi connectivity index (χ1) is 4.98. The number of hydrogen-bond acceptors (Lipinski definition) is 3. The molecule has 0 unspecified atom stereocenters. The smallest absolute Gasteiger partial charge is 0.661 e. The Morgan fingerprint density at radius 3 is 1.17 bits per heavy atom. The van der Waals surface area contributed by atoms with E-state index in [1.165, 1.54) is 0 Å². The Morgan fingerprint density at radius 2 is 1.17 bits per heavy atom. The molecule has 11 heteroatoms. The first kappa shape index (κ1) is 14.4. The van der Waals surface area contributed by atoms with Crippen LogP contribution in [-0.4, -0.2) is 18.5 Å². The molecule has 0 saturated carbocycles. The molecule has 0 aromatic carbocycles. The molecule has 12 heavy (non-hydrogen) atoms. The third-order valence-corrected chi connectivity index (χ3v) is 0.850. The van der Waals surface area contributed by atoms with E-state index in [0.29, 0.717) is 0 Å². The lowest BCUT2D eigenvalue weighted by Gasteiger charge is -2.08. The summed E-state index contributed by atoms with van der Waals surface area (Å²) in [7, 11) is -6.09. The summed E-state index contributed by atoms with van der Waals surface area (Å²) in [6, 6.07) is 0. The van der Waals surface area contributed by atoms with E-state index in [-0.39, 0.29) is 0 Å². The van der Waals surface area contributed by atoms with E-state index < -0.39 is 27.7 Å². The van der Waals surface area contributed by atoms with Gasteiger partial charge in [-0.2, -0.15) is 13.2 Å².